The van der Waals surface area contributed by atoms with Gasteiger partial charge in [0.05, 0.1) is 0 Å². The second-order valence-electron chi connectivity index (χ2n) is 4.57. The molecular weight excluding hydrogens is 168 g/mol. The Balaban J connectivity index is 2.14. The van der Waals surface area contributed by atoms with Gasteiger partial charge in [-0.25, -0.2) is 0 Å². The summed E-state index contributed by atoms with van der Waals surface area (Å²) in [5, 5.41) is 2.91. The lowest BCUT2D eigenvalue weighted by molar-refractivity contribution is 0.366. The van der Waals surface area contributed by atoms with Gasteiger partial charge in [-0.3, -0.25) is 0 Å². The van der Waals surface area contributed by atoms with Crippen LogP contribution in [0.1, 0.15) is 25.7 Å². The quantitative estimate of drug-likeness (QED) is 0.579. The Labute approximate surface area is 85.0 Å². The van der Waals surface area contributed by atoms with Crippen LogP contribution in [-0.4, -0.2) is 0 Å². The fraction of sp³-hybridized carbons (Fsp3) is 0.429. The van der Waals surface area contributed by atoms with Crippen LogP contribution in [0.25, 0.3) is 12.2 Å². The highest BCUT2D eigenvalue weighted by molar-refractivity contribution is 5.43. The van der Waals surface area contributed by atoms with Gasteiger partial charge in [0.2, 0.25) is 0 Å². The molecule has 72 valence electrons. The zero-order chi connectivity index (χ0) is 9.38. The van der Waals surface area contributed by atoms with Gasteiger partial charge in [0.15, 0.2) is 0 Å². The molecule has 1 aromatic carbocycles. The van der Waals surface area contributed by atoms with Crippen molar-refractivity contribution in [2.75, 3.05) is 0 Å². The highest BCUT2D eigenvalue weighted by atomic mass is 14.3. The first-order valence-electron chi connectivity index (χ1n) is 5.72. The van der Waals surface area contributed by atoms with E-state index in [1.807, 2.05) is 0 Å². The van der Waals surface area contributed by atoms with E-state index in [0.29, 0.717) is 0 Å². The molecular formula is C14H16. The van der Waals surface area contributed by atoms with Gasteiger partial charge in [-0.1, -0.05) is 49.3 Å². The summed E-state index contributed by atoms with van der Waals surface area (Å²) < 4.78 is 0. The molecule has 0 nitrogen and oxygen atoms in total. The number of benzene rings is 1. The molecule has 0 aromatic heterocycles. The van der Waals surface area contributed by atoms with Gasteiger partial charge in [0, 0.05) is 0 Å². The van der Waals surface area contributed by atoms with Crippen LogP contribution in [0.5, 0.6) is 0 Å². The van der Waals surface area contributed by atoms with E-state index in [1.165, 1.54) is 36.1 Å². The Morgan fingerprint density at radius 2 is 1.29 bits per heavy atom. The average Bonchev–Trinajstić information content (AvgIpc) is 2.26. The summed E-state index contributed by atoms with van der Waals surface area (Å²) in [6, 6.07) is 8.78. The molecule has 1 saturated carbocycles. The van der Waals surface area contributed by atoms with Crippen LogP contribution in [0.15, 0.2) is 24.3 Å². The van der Waals surface area contributed by atoms with Crippen molar-refractivity contribution < 1.29 is 0 Å². The minimum Gasteiger partial charge on any atom is -0.0730 e. The Hall–Kier alpha value is -1.04. The predicted molar refractivity (Wildman–Crippen MR) is 60.1 cm³/mol. The molecule has 2 atom stereocenters. The SMILES string of the molecule is C1=c2ccccc2=CC2CCCCC12. The van der Waals surface area contributed by atoms with Gasteiger partial charge in [-0.15, -0.1) is 0 Å². The van der Waals surface area contributed by atoms with Crippen LogP contribution >= 0.6 is 0 Å². The summed E-state index contributed by atoms with van der Waals surface area (Å²) in [5.41, 5.74) is 0. The topological polar surface area (TPSA) is 0 Å². The lowest BCUT2D eigenvalue weighted by Gasteiger charge is -2.29. The maximum absolute atomic E-state index is 2.50. The van der Waals surface area contributed by atoms with Crippen LogP contribution in [0.4, 0.5) is 0 Å². The van der Waals surface area contributed by atoms with Gasteiger partial charge in [-0.05, 0) is 35.1 Å². The van der Waals surface area contributed by atoms with Gasteiger partial charge < -0.3 is 0 Å². The molecule has 0 heteroatoms. The molecule has 3 rings (SSSR count). The average molecular weight is 184 g/mol. The molecule has 0 radical (unpaired) electrons. The van der Waals surface area contributed by atoms with Crippen LogP contribution in [0.3, 0.4) is 0 Å². The van der Waals surface area contributed by atoms with Crippen molar-refractivity contribution in [3.8, 4) is 0 Å². The number of rotatable bonds is 0. The molecule has 0 bridgehead atoms. The minimum atomic E-state index is 0.832. The van der Waals surface area contributed by atoms with E-state index in [9.17, 15) is 0 Å². The smallest absolute Gasteiger partial charge is 0.0161 e. The first kappa shape index (κ1) is 8.28. The van der Waals surface area contributed by atoms with Gasteiger partial charge >= 0.3 is 0 Å². The van der Waals surface area contributed by atoms with E-state index in [4.69, 9.17) is 0 Å². The van der Waals surface area contributed by atoms with Crippen molar-refractivity contribution in [3.63, 3.8) is 0 Å². The summed E-state index contributed by atoms with van der Waals surface area (Å²) in [6.07, 6.45) is 10.6. The molecule has 1 aromatic rings. The third-order valence-electron chi connectivity index (χ3n) is 3.66. The van der Waals surface area contributed by atoms with E-state index < -0.39 is 0 Å². The van der Waals surface area contributed by atoms with E-state index in [1.54, 1.807) is 0 Å². The highest BCUT2D eigenvalue weighted by Gasteiger charge is 2.22. The maximum Gasteiger partial charge on any atom is -0.0161 e. The summed E-state index contributed by atoms with van der Waals surface area (Å²) in [7, 11) is 0. The molecule has 0 aliphatic heterocycles. The van der Waals surface area contributed by atoms with Gasteiger partial charge in [0.1, 0.15) is 0 Å². The molecule has 0 heterocycles. The summed E-state index contributed by atoms with van der Waals surface area (Å²) in [4.78, 5) is 0. The van der Waals surface area contributed by atoms with Crippen LogP contribution in [-0.2, 0) is 0 Å². The minimum absolute atomic E-state index is 0.832. The fourth-order valence-corrected chi connectivity index (χ4v) is 2.88. The summed E-state index contributed by atoms with van der Waals surface area (Å²) in [5.74, 6) is 1.66. The van der Waals surface area contributed by atoms with Gasteiger partial charge in [0.25, 0.3) is 0 Å². The Morgan fingerprint density at radius 1 is 0.786 bits per heavy atom. The summed E-state index contributed by atoms with van der Waals surface area (Å²) in [6.45, 7) is 0. The lowest BCUT2D eigenvalue weighted by atomic mass is 9.76. The van der Waals surface area contributed by atoms with Crippen LogP contribution in [0.2, 0.25) is 0 Å². The Bertz CT molecular complexity index is 398. The molecule has 0 N–H and O–H groups in total. The van der Waals surface area contributed by atoms with Crippen molar-refractivity contribution in [1.29, 1.82) is 0 Å². The molecule has 14 heavy (non-hydrogen) atoms. The molecule has 0 spiro atoms. The van der Waals surface area contributed by atoms with Crippen molar-refractivity contribution in [2.24, 2.45) is 11.8 Å². The molecule has 0 saturated heterocycles. The highest BCUT2D eigenvalue weighted by Crippen LogP contribution is 2.32. The second kappa shape index (κ2) is 3.27. The first-order chi connectivity index (χ1) is 6.93. The largest absolute Gasteiger partial charge is 0.0730 e. The number of fused-ring (bicyclic) bond motifs is 2. The lowest BCUT2D eigenvalue weighted by Crippen LogP contribution is -2.33. The number of hydrogen-bond donors (Lipinski definition) is 0. The van der Waals surface area contributed by atoms with Crippen molar-refractivity contribution in [1.82, 2.24) is 0 Å². The molecule has 0 amide bonds. The van der Waals surface area contributed by atoms with Crippen molar-refractivity contribution in [2.45, 2.75) is 25.7 Å². The molecule has 1 fully saturated rings. The number of hydrogen-bond acceptors (Lipinski definition) is 0. The summed E-state index contributed by atoms with van der Waals surface area (Å²) >= 11 is 0. The maximum atomic E-state index is 2.50. The van der Waals surface area contributed by atoms with Gasteiger partial charge in [-0.2, -0.15) is 0 Å². The molecule has 2 aliphatic carbocycles. The first-order valence-corrected chi connectivity index (χ1v) is 5.72. The van der Waals surface area contributed by atoms with Crippen LogP contribution < -0.4 is 10.4 Å². The van der Waals surface area contributed by atoms with Crippen molar-refractivity contribution >= 4 is 12.2 Å². The van der Waals surface area contributed by atoms with Crippen molar-refractivity contribution in [3.05, 3.63) is 34.7 Å². The predicted octanol–water partition coefficient (Wildman–Crippen LogP) is 2.07. The van der Waals surface area contributed by atoms with E-state index in [2.05, 4.69) is 36.4 Å². The van der Waals surface area contributed by atoms with E-state index in [-0.39, 0.29) is 0 Å². The molecule has 2 aliphatic rings. The van der Waals surface area contributed by atoms with E-state index >= 15 is 0 Å². The fourth-order valence-electron chi connectivity index (χ4n) is 2.88. The second-order valence-corrected chi connectivity index (χ2v) is 4.57. The van der Waals surface area contributed by atoms with E-state index in [0.717, 1.165) is 11.8 Å². The third-order valence-corrected chi connectivity index (χ3v) is 3.66. The monoisotopic (exact) mass is 184 g/mol. The van der Waals surface area contributed by atoms with Crippen LogP contribution in [0, 0.1) is 11.8 Å². The normalized spacial score (nSPS) is 29.4. The molecule has 2 unspecified atom stereocenters. The zero-order valence-electron chi connectivity index (χ0n) is 8.45. The Kier molecular flexibility index (Phi) is 1.93. The zero-order valence-corrected chi connectivity index (χ0v) is 8.45. The standard InChI is InChI=1S/C14H16/c1-2-6-12-10-14-8-4-3-7-13(14)9-11(12)5-1/h1-2,5-6,9-10,13-14H,3-4,7-8H2. The Morgan fingerprint density at radius 3 is 1.79 bits per heavy atom. The third kappa shape index (κ3) is 1.30.